The zero-order chi connectivity index (χ0) is 13.1. The highest BCUT2D eigenvalue weighted by Gasteiger charge is 2.16. The molecule has 0 spiro atoms. The third-order valence-electron chi connectivity index (χ3n) is 2.65. The standard InChI is InChI=1S/C12H18FNO2S/c1-9-4-5-11(13)10(8-9)12(14-2)6-7-17(3,15)16/h4-5,8,12,14H,6-7H2,1-3H3. The maximum absolute atomic E-state index is 13.6. The van der Waals surface area contributed by atoms with Gasteiger partial charge in [0.2, 0.25) is 0 Å². The van der Waals surface area contributed by atoms with Gasteiger partial charge in [-0.2, -0.15) is 0 Å². The number of aryl methyl sites for hydroxylation is 1. The van der Waals surface area contributed by atoms with Gasteiger partial charge in [-0.15, -0.1) is 0 Å². The Balaban J connectivity index is 2.90. The number of sulfone groups is 1. The summed E-state index contributed by atoms with van der Waals surface area (Å²) >= 11 is 0. The van der Waals surface area contributed by atoms with Crippen LogP contribution in [0.3, 0.4) is 0 Å². The summed E-state index contributed by atoms with van der Waals surface area (Å²) < 4.78 is 35.9. The fraction of sp³-hybridized carbons (Fsp3) is 0.500. The predicted molar refractivity (Wildman–Crippen MR) is 67.3 cm³/mol. The monoisotopic (exact) mass is 259 g/mol. The third kappa shape index (κ3) is 4.44. The van der Waals surface area contributed by atoms with Crippen LogP contribution in [0.15, 0.2) is 18.2 Å². The molecular formula is C12H18FNO2S. The highest BCUT2D eigenvalue weighted by atomic mass is 32.2. The summed E-state index contributed by atoms with van der Waals surface area (Å²) in [6, 6.07) is 4.58. The third-order valence-corrected chi connectivity index (χ3v) is 3.63. The van der Waals surface area contributed by atoms with Crippen molar-refractivity contribution in [2.45, 2.75) is 19.4 Å². The van der Waals surface area contributed by atoms with Crippen molar-refractivity contribution in [1.82, 2.24) is 5.32 Å². The van der Waals surface area contributed by atoms with E-state index in [1.165, 1.54) is 12.3 Å². The van der Waals surface area contributed by atoms with Gasteiger partial charge in [0.05, 0.1) is 5.75 Å². The van der Waals surface area contributed by atoms with Crippen molar-refractivity contribution in [3.05, 3.63) is 35.1 Å². The largest absolute Gasteiger partial charge is 0.313 e. The number of rotatable bonds is 5. The van der Waals surface area contributed by atoms with Gasteiger partial charge in [0, 0.05) is 17.9 Å². The van der Waals surface area contributed by atoms with Crippen molar-refractivity contribution in [1.29, 1.82) is 0 Å². The van der Waals surface area contributed by atoms with Gasteiger partial charge >= 0.3 is 0 Å². The average molecular weight is 259 g/mol. The van der Waals surface area contributed by atoms with Gasteiger partial charge < -0.3 is 5.32 Å². The molecule has 0 aliphatic rings. The number of nitrogens with one attached hydrogen (secondary N) is 1. The van der Waals surface area contributed by atoms with E-state index in [9.17, 15) is 12.8 Å². The summed E-state index contributed by atoms with van der Waals surface area (Å²) in [5.74, 6) is -0.255. The van der Waals surface area contributed by atoms with E-state index >= 15 is 0 Å². The van der Waals surface area contributed by atoms with Gasteiger partial charge in [-0.05, 0) is 26.5 Å². The van der Waals surface area contributed by atoms with Crippen LogP contribution in [0.1, 0.15) is 23.6 Å². The Morgan fingerprint density at radius 1 is 1.41 bits per heavy atom. The molecule has 1 N–H and O–H groups in total. The molecule has 5 heteroatoms. The minimum absolute atomic E-state index is 0.0475. The molecule has 0 amide bonds. The van der Waals surface area contributed by atoms with E-state index in [-0.39, 0.29) is 17.6 Å². The van der Waals surface area contributed by atoms with Crippen molar-refractivity contribution >= 4 is 9.84 Å². The molecule has 0 bridgehead atoms. The molecule has 0 fully saturated rings. The fourth-order valence-corrected chi connectivity index (χ4v) is 2.38. The van der Waals surface area contributed by atoms with Crippen LogP contribution in [0.5, 0.6) is 0 Å². The first-order valence-corrected chi connectivity index (χ1v) is 7.50. The molecule has 1 aromatic carbocycles. The number of halogens is 1. The molecule has 0 aliphatic heterocycles. The molecule has 0 aliphatic carbocycles. The molecular weight excluding hydrogens is 241 g/mol. The molecule has 1 aromatic rings. The van der Waals surface area contributed by atoms with Crippen LogP contribution in [-0.4, -0.2) is 27.5 Å². The second kappa shape index (κ2) is 5.60. The summed E-state index contributed by atoms with van der Waals surface area (Å²) in [5.41, 5.74) is 1.48. The molecule has 0 saturated carbocycles. The molecule has 1 rings (SSSR count). The highest BCUT2D eigenvalue weighted by molar-refractivity contribution is 7.90. The van der Waals surface area contributed by atoms with Crippen LogP contribution in [0.2, 0.25) is 0 Å². The molecule has 3 nitrogen and oxygen atoms in total. The lowest BCUT2D eigenvalue weighted by Gasteiger charge is -2.17. The van der Waals surface area contributed by atoms with Crippen LogP contribution < -0.4 is 5.32 Å². The lowest BCUT2D eigenvalue weighted by Crippen LogP contribution is -2.21. The van der Waals surface area contributed by atoms with E-state index in [4.69, 9.17) is 0 Å². The normalized spacial score (nSPS) is 13.6. The zero-order valence-corrected chi connectivity index (χ0v) is 11.1. The molecule has 1 unspecified atom stereocenters. The zero-order valence-electron chi connectivity index (χ0n) is 10.3. The van der Waals surface area contributed by atoms with Gasteiger partial charge in [0.15, 0.2) is 0 Å². The van der Waals surface area contributed by atoms with E-state index in [1.54, 1.807) is 19.2 Å². The van der Waals surface area contributed by atoms with Gasteiger partial charge in [0.1, 0.15) is 15.7 Å². The van der Waals surface area contributed by atoms with Crippen molar-refractivity contribution in [2.75, 3.05) is 19.1 Å². The van der Waals surface area contributed by atoms with Crippen LogP contribution in [-0.2, 0) is 9.84 Å². The topological polar surface area (TPSA) is 46.2 Å². The van der Waals surface area contributed by atoms with Crippen LogP contribution in [0.4, 0.5) is 4.39 Å². The summed E-state index contributed by atoms with van der Waals surface area (Å²) in [6.45, 7) is 1.88. The maximum atomic E-state index is 13.6. The van der Waals surface area contributed by atoms with Gasteiger partial charge in [-0.1, -0.05) is 17.7 Å². The molecule has 0 radical (unpaired) electrons. The summed E-state index contributed by atoms with van der Waals surface area (Å²) in [4.78, 5) is 0. The number of hydrogen-bond acceptors (Lipinski definition) is 3. The van der Waals surface area contributed by atoms with Gasteiger partial charge in [-0.25, -0.2) is 12.8 Å². The lowest BCUT2D eigenvalue weighted by molar-refractivity contribution is 0.520. The first kappa shape index (κ1) is 14.1. The predicted octanol–water partition coefficient (Wildman–Crippen LogP) is 1.83. The van der Waals surface area contributed by atoms with Crippen molar-refractivity contribution in [3.63, 3.8) is 0 Å². The van der Waals surface area contributed by atoms with Crippen molar-refractivity contribution in [3.8, 4) is 0 Å². The van der Waals surface area contributed by atoms with E-state index < -0.39 is 9.84 Å². The Bertz CT molecular complexity index is 485. The molecule has 17 heavy (non-hydrogen) atoms. The van der Waals surface area contributed by atoms with E-state index in [1.807, 2.05) is 6.92 Å². The second-order valence-corrected chi connectivity index (χ2v) is 6.54. The minimum Gasteiger partial charge on any atom is -0.313 e. The Kier molecular flexibility index (Phi) is 4.65. The fourth-order valence-electron chi connectivity index (χ4n) is 1.72. The average Bonchev–Trinajstić information content (AvgIpc) is 2.22. The molecule has 0 heterocycles. The summed E-state index contributed by atoms with van der Waals surface area (Å²) in [7, 11) is -1.32. The first-order valence-electron chi connectivity index (χ1n) is 5.44. The SMILES string of the molecule is CNC(CCS(C)(=O)=O)c1cc(C)ccc1F. The van der Waals surface area contributed by atoms with Crippen LogP contribution in [0, 0.1) is 12.7 Å². The van der Waals surface area contributed by atoms with E-state index in [0.717, 1.165) is 5.56 Å². The lowest BCUT2D eigenvalue weighted by atomic mass is 10.0. The first-order chi connectivity index (χ1) is 7.83. The molecule has 0 saturated heterocycles. The number of benzene rings is 1. The Morgan fingerprint density at radius 3 is 2.59 bits per heavy atom. The maximum Gasteiger partial charge on any atom is 0.147 e. The second-order valence-electron chi connectivity index (χ2n) is 4.28. The Hall–Kier alpha value is -0.940. The summed E-state index contributed by atoms with van der Waals surface area (Å²) in [6.07, 6.45) is 1.56. The van der Waals surface area contributed by atoms with Gasteiger partial charge in [0.25, 0.3) is 0 Å². The summed E-state index contributed by atoms with van der Waals surface area (Å²) in [5, 5.41) is 2.95. The van der Waals surface area contributed by atoms with E-state index in [2.05, 4.69) is 5.32 Å². The van der Waals surface area contributed by atoms with Crippen LogP contribution >= 0.6 is 0 Å². The van der Waals surface area contributed by atoms with E-state index in [0.29, 0.717) is 12.0 Å². The van der Waals surface area contributed by atoms with Crippen LogP contribution in [0.25, 0.3) is 0 Å². The smallest absolute Gasteiger partial charge is 0.147 e. The van der Waals surface area contributed by atoms with Crippen molar-refractivity contribution in [2.24, 2.45) is 0 Å². The quantitative estimate of drug-likeness (QED) is 0.877. The Labute approximate surface area is 102 Å². The minimum atomic E-state index is -3.02. The molecule has 96 valence electrons. The Morgan fingerprint density at radius 2 is 2.06 bits per heavy atom. The molecule has 0 aromatic heterocycles. The number of hydrogen-bond donors (Lipinski definition) is 1. The van der Waals surface area contributed by atoms with Crippen molar-refractivity contribution < 1.29 is 12.8 Å². The molecule has 1 atom stereocenters. The van der Waals surface area contributed by atoms with Gasteiger partial charge in [-0.3, -0.25) is 0 Å². The highest BCUT2D eigenvalue weighted by Crippen LogP contribution is 2.21.